The fourth-order valence-electron chi connectivity index (χ4n) is 2.50. The largest absolute Gasteiger partial charge is 0.351 e. The molecular weight excluding hydrogens is 198 g/mol. The van der Waals surface area contributed by atoms with Gasteiger partial charge in [-0.3, -0.25) is 0 Å². The first-order valence-corrected chi connectivity index (χ1v) is 6.01. The van der Waals surface area contributed by atoms with Crippen molar-refractivity contribution >= 4 is 5.82 Å². The van der Waals surface area contributed by atoms with Gasteiger partial charge in [0.25, 0.3) is 0 Å². The van der Waals surface area contributed by atoms with Crippen molar-refractivity contribution in [3.8, 4) is 0 Å². The lowest BCUT2D eigenvalue weighted by molar-refractivity contribution is 0.512. The van der Waals surface area contributed by atoms with Crippen LogP contribution in [-0.4, -0.2) is 24.1 Å². The van der Waals surface area contributed by atoms with Crippen LogP contribution in [0.2, 0.25) is 0 Å². The average molecular weight is 219 g/mol. The highest BCUT2D eigenvalue weighted by atomic mass is 15.3. The van der Waals surface area contributed by atoms with E-state index in [9.17, 15) is 0 Å². The predicted octanol–water partition coefficient (Wildman–Crippen LogP) is 2.18. The Morgan fingerprint density at radius 1 is 1.50 bits per heavy atom. The molecule has 0 atom stereocenters. The Labute approximate surface area is 97.9 Å². The van der Waals surface area contributed by atoms with Gasteiger partial charge in [0.05, 0.1) is 0 Å². The highest BCUT2D eigenvalue weighted by Gasteiger charge is 2.33. The summed E-state index contributed by atoms with van der Waals surface area (Å²) in [5, 5.41) is 3.21. The summed E-state index contributed by atoms with van der Waals surface area (Å²) in [6, 6.07) is 4.17. The van der Waals surface area contributed by atoms with E-state index in [2.05, 4.69) is 35.1 Å². The van der Waals surface area contributed by atoms with Gasteiger partial charge in [0, 0.05) is 30.4 Å². The lowest BCUT2D eigenvalue weighted by Gasteiger charge is -2.34. The van der Waals surface area contributed by atoms with Crippen LogP contribution in [0.4, 0.5) is 5.82 Å². The smallest absolute Gasteiger partial charge is 0.133 e. The van der Waals surface area contributed by atoms with Gasteiger partial charge in [-0.2, -0.15) is 0 Å². The molecule has 0 aliphatic carbocycles. The first-order chi connectivity index (χ1) is 7.65. The number of nitrogens with one attached hydrogen (secondary N) is 1. The third-order valence-electron chi connectivity index (χ3n) is 3.39. The van der Waals surface area contributed by atoms with Crippen LogP contribution < -0.4 is 10.2 Å². The molecule has 2 rings (SSSR count). The van der Waals surface area contributed by atoms with E-state index in [-0.39, 0.29) is 5.54 Å². The summed E-state index contributed by atoms with van der Waals surface area (Å²) in [6.45, 7) is 6.62. The number of nitrogens with zero attached hydrogens (tertiary/aromatic N) is 2. The van der Waals surface area contributed by atoms with Crippen molar-refractivity contribution < 1.29 is 0 Å². The minimum atomic E-state index is 0.247. The lowest BCUT2D eigenvalue weighted by Crippen LogP contribution is -2.39. The van der Waals surface area contributed by atoms with E-state index in [4.69, 9.17) is 0 Å². The van der Waals surface area contributed by atoms with Crippen molar-refractivity contribution in [2.45, 2.75) is 38.8 Å². The number of hydrogen-bond acceptors (Lipinski definition) is 3. The molecule has 1 aromatic heterocycles. The van der Waals surface area contributed by atoms with Crippen LogP contribution in [0.25, 0.3) is 0 Å². The van der Waals surface area contributed by atoms with Gasteiger partial charge in [-0.1, -0.05) is 6.07 Å². The van der Waals surface area contributed by atoms with Gasteiger partial charge in [-0.15, -0.1) is 0 Å². The van der Waals surface area contributed by atoms with Crippen LogP contribution in [0.5, 0.6) is 0 Å². The van der Waals surface area contributed by atoms with Crippen LogP contribution in [-0.2, 0) is 6.54 Å². The first kappa shape index (κ1) is 11.4. The maximum Gasteiger partial charge on any atom is 0.133 e. The second kappa shape index (κ2) is 4.42. The highest BCUT2D eigenvalue weighted by Crippen LogP contribution is 2.33. The molecule has 1 saturated heterocycles. The standard InChI is InChI=1S/C13H21N3/c1-13(2)7-5-9-16(13)12-11(10-14-3)6-4-8-15-12/h4,6,8,14H,5,7,9-10H2,1-3H3. The number of rotatable bonds is 3. The van der Waals surface area contributed by atoms with Crippen molar-refractivity contribution in [2.24, 2.45) is 0 Å². The summed E-state index contributed by atoms with van der Waals surface area (Å²) in [4.78, 5) is 7.00. The normalized spacial score (nSPS) is 19.1. The molecule has 0 unspecified atom stereocenters. The van der Waals surface area contributed by atoms with Gasteiger partial charge >= 0.3 is 0 Å². The van der Waals surface area contributed by atoms with Crippen LogP contribution in [0.15, 0.2) is 18.3 Å². The molecule has 16 heavy (non-hydrogen) atoms. The van der Waals surface area contributed by atoms with E-state index in [0.717, 1.165) is 18.9 Å². The fourth-order valence-corrected chi connectivity index (χ4v) is 2.50. The van der Waals surface area contributed by atoms with E-state index in [1.165, 1.54) is 18.4 Å². The number of anilines is 1. The monoisotopic (exact) mass is 219 g/mol. The quantitative estimate of drug-likeness (QED) is 0.844. The average Bonchev–Trinajstić information content (AvgIpc) is 2.59. The molecule has 0 radical (unpaired) electrons. The molecule has 0 aromatic carbocycles. The summed E-state index contributed by atoms with van der Waals surface area (Å²) in [5.41, 5.74) is 1.54. The molecule has 1 fully saturated rings. The Hall–Kier alpha value is -1.09. The van der Waals surface area contributed by atoms with Crippen LogP contribution in [0, 0.1) is 0 Å². The van der Waals surface area contributed by atoms with E-state index in [1.807, 2.05) is 19.3 Å². The summed E-state index contributed by atoms with van der Waals surface area (Å²) in [6.07, 6.45) is 4.41. The summed E-state index contributed by atoms with van der Waals surface area (Å²) < 4.78 is 0. The Kier molecular flexibility index (Phi) is 3.15. The van der Waals surface area contributed by atoms with Gasteiger partial charge in [-0.05, 0) is 39.8 Å². The second-order valence-corrected chi connectivity index (χ2v) is 5.08. The zero-order valence-corrected chi connectivity index (χ0v) is 10.5. The SMILES string of the molecule is CNCc1cccnc1N1CCCC1(C)C. The van der Waals surface area contributed by atoms with E-state index in [1.54, 1.807) is 0 Å². The molecular formula is C13H21N3. The van der Waals surface area contributed by atoms with Gasteiger partial charge in [0.1, 0.15) is 5.82 Å². The maximum absolute atomic E-state index is 4.56. The van der Waals surface area contributed by atoms with Crippen LogP contribution >= 0.6 is 0 Å². The summed E-state index contributed by atoms with van der Waals surface area (Å²) >= 11 is 0. The van der Waals surface area contributed by atoms with Crippen LogP contribution in [0.3, 0.4) is 0 Å². The third-order valence-corrected chi connectivity index (χ3v) is 3.39. The zero-order valence-electron chi connectivity index (χ0n) is 10.5. The number of hydrogen-bond donors (Lipinski definition) is 1. The summed E-state index contributed by atoms with van der Waals surface area (Å²) in [7, 11) is 1.98. The van der Waals surface area contributed by atoms with E-state index < -0.39 is 0 Å². The van der Waals surface area contributed by atoms with E-state index >= 15 is 0 Å². The minimum Gasteiger partial charge on any atom is -0.351 e. The van der Waals surface area contributed by atoms with Crippen molar-refractivity contribution in [3.05, 3.63) is 23.9 Å². The van der Waals surface area contributed by atoms with Gasteiger partial charge in [-0.25, -0.2) is 4.98 Å². The maximum atomic E-state index is 4.56. The van der Waals surface area contributed by atoms with E-state index in [0.29, 0.717) is 0 Å². The van der Waals surface area contributed by atoms with Gasteiger partial charge in [0.2, 0.25) is 0 Å². The predicted molar refractivity (Wildman–Crippen MR) is 67.7 cm³/mol. The van der Waals surface area contributed by atoms with Crippen molar-refractivity contribution in [3.63, 3.8) is 0 Å². The zero-order chi connectivity index (χ0) is 11.6. The Morgan fingerprint density at radius 3 is 2.94 bits per heavy atom. The molecule has 0 saturated carbocycles. The van der Waals surface area contributed by atoms with Crippen molar-refractivity contribution in [2.75, 3.05) is 18.5 Å². The molecule has 0 spiro atoms. The fraction of sp³-hybridized carbons (Fsp3) is 0.615. The topological polar surface area (TPSA) is 28.2 Å². The lowest BCUT2D eigenvalue weighted by atomic mass is 10.0. The number of aromatic nitrogens is 1. The molecule has 1 aliphatic rings. The molecule has 1 aromatic rings. The molecule has 1 N–H and O–H groups in total. The molecule has 2 heterocycles. The third kappa shape index (κ3) is 2.05. The molecule has 1 aliphatic heterocycles. The Balaban J connectivity index is 2.32. The first-order valence-electron chi connectivity index (χ1n) is 6.01. The molecule has 0 bridgehead atoms. The van der Waals surface area contributed by atoms with Gasteiger partial charge in [0.15, 0.2) is 0 Å². The van der Waals surface area contributed by atoms with Crippen molar-refractivity contribution in [1.82, 2.24) is 10.3 Å². The molecule has 3 heteroatoms. The van der Waals surface area contributed by atoms with Crippen molar-refractivity contribution in [1.29, 1.82) is 0 Å². The minimum absolute atomic E-state index is 0.247. The Bertz CT molecular complexity index is 360. The Morgan fingerprint density at radius 2 is 2.31 bits per heavy atom. The molecule has 88 valence electrons. The van der Waals surface area contributed by atoms with Gasteiger partial charge < -0.3 is 10.2 Å². The number of pyridine rings is 1. The summed E-state index contributed by atoms with van der Waals surface area (Å²) in [5.74, 6) is 1.15. The second-order valence-electron chi connectivity index (χ2n) is 5.08. The highest BCUT2D eigenvalue weighted by molar-refractivity contribution is 5.50. The molecule has 3 nitrogen and oxygen atoms in total. The van der Waals surface area contributed by atoms with Crippen LogP contribution in [0.1, 0.15) is 32.3 Å². The molecule has 0 amide bonds.